The minimum Gasteiger partial charge on any atom is -0.330 e. The minimum absolute atomic E-state index is 0.887. The number of fused-ring (bicyclic) bond motifs is 1. The van der Waals surface area contributed by atoms with Gasteiger partial charge in [-0.15, -0.1) is 0 Å². The summed E-state index contributed by atoms with van der Waals surface area (Å²) in [5, 5.41) is 0. The molecular formula is C16H31N. The Morgan fingerprint density at radius 2 is 1.53 bits per heavy atom. The molecule has 0 spiro atoms. The molecule has 100 valence electrons. The lowest BCUT2D eigenvalue weighted by Crippen LogP contribution is -2.36. The zero-order valence-electron chi connectivity index (χ0n) is 11.7. The van der Waals surface area contributed by atoms with Gasteiger partial charge in [0.25, 0.3) is 0 Å². The van der Waals surface area contributed by atoms with Gasteiger partial charge in [-0.2, -0.15) is 0 Å². The van der Waals surface area contributed by atoms with E-state index in [1.807, 2.05) is 0 Å². The molecule has 4 atom stereocenters. The predicted octanol–water partition coefficient (Wildman–Crippen LogP) is 4.36. The third kappa shape index (κ3) is 3.24. The van der Waals surface area contributed by atoms with Crippen LogP contribution in [0.3, 0.4) is 0 Å². The normalized spacial score (nSPS) is 37.8. The third-order valence-electron chi connectivity index (χ3n) is 5.54. The summed E-state index contributed by atoms with van der Waals surface area (Å²) in [5.74, 6) is 4.28. The Morgan fingerprint density at radius 3 is 2.18 bits per heavy atom. The van der Waals surface area contributed by atoms with Gasteiger partial charge < -0.3 is 5.73 Å². The molecule has 2 fully saturated rings. The Balaban J connectivity index is 1.89. The average Bonchev–Trinajstić information content (AvgIpc) is 2.38. The van der Waals surface area contributed by atoms with Gasteiger partial charge in [0.1, 0.15) is 0 Å². The second kappa shape index (κ2) is 6.78. The summed E-state index contributed by atoms with van der Waals surface area (Å²) < 4.78 is 0. The van der Waals surface area contributed by atoms with E-state index in [1.165, 1.54) is 64.2 Å². The summed E-state index contributed by atoms with van der Waals surface area (Å²) in [6, 6.07) is 0. The van der Waals surface area contributed by atoms with Crippen LogP contribution in [-0.4, -0.2) is 6.54 Å². The summed E-state index contributed by atoms with van der Waals surface area (Å²) in [7, 11) is 0. The molecule has 0 aromatic heterocycles. The van der Waals surface area contributed by atoms with E-state index in [4.69, 9.17) is 5.73 Å². The van der Waals surface area contributed by atoms with Crippen LogP contribution in [0.25, 0.3) is 0 Å². The van der Waals surface area contributed by atoms with Crippen molar-refractivity contribution in [3.05, 3.63) is 0 Å². The molecule has 1 heteroatoms. The van der Waals surface area contributed by atoms with Crippen LogP contribution in [0.5, 0.6) is 0 Å². The smallest absolute Gasteiger partial charge is 0.00773 e. The molecule has 0 saturated heterocycles. The van der Waals surface area contributed by atoms with Crippen molar-refractivity contribution in [3.63, 3.8) is 0 Å². The zero-order valence-corrected chi connectivity index (χ0v) is 11.7. The van der Waals surface area contributed by atoms with E-state index in [1.54, 1.807) is 0 Å². The Hall–Kier alpha value is -0.0400. The highest BCUT2D eigenvalue weighted by Gasteiger charge is 2.38. The predicted molar refractivity (Wildman–Crippen MR) is 74.9 cm³/mol. The quantitative estimate of drug-likeness (QED) is 0.706. The molecule has 2 N–H and O–H groups in total. The van der Waals surface area contributed by atoms with E-state index in [0.717, 1.165) is 30.2 Å². The van der Waals surface area contributed by atoms with E-state index in [0.29, 0.717) is 0 Å². The van der Waals surface area contributed by atoms with Crippen LogP contribution >= 0.6 is 0 Å². The van der Waals surface area contributed by atoms with Crippen LogP contribution in [-0.2, 0) is 0 Å². The Labute approximate surface area is 108 Å². The van der Waals surface area contributed by atoms with Gasteiger partial charge in [-0.25, -0.2) is 0 Å². The number of nitrogens with two attached hydrogens (primary N) is 1. The number of hydrogen-bond donors (Lipinski definition) is 1. The topological polar surface area (TPSA) is 26.0 Å². The maximum absolute atomic E-state index is 5.62. The van der Waals surface area contributed by atoms with E-state index in [-0.39, 0.29) is 0 Å². The first kappa shape index (κ1) is 13.4. The Bertz CT molecular complexity index is 214. The lowest BCUT2D eigenvalue weighted by molar-refractivity contribution is 0.0474. The van der Waals surface area contributed by atoms with Gasteiger partial charge in [-0.05, 0) is 49.5 Å². The highest BCUT2D eigenvalue weighted by Crippen LogP contribution is 2.48. The average molecular weight is 237 g/mol. The molecule has 0 aromatic rings. The molecule has 0 bridgehead atoms. The van der Waals surface area contributed by atoms with Crippen molar-refractivity contribution in [2.75, 3.05) is 6.54 Å². The van der Waals surface area contributed by atoms with E-state index in [2.05, 4.69) is 6.92 Å². The van der Waals surface area contributed by atoms with Crippen LogP contribution in [0.2, 0.25) is 0 Å². The van der Waals surface area contributed by atoms with Crippen LogP contribution in [0.1, 0.15) is 71.1 Å². The molecule has 0 aromatic carbocycles. The highest BCUT2D eigenvalue weighted by molar-refractivity contribution is 4.89. The second-order valence-corrected chi connectivity index (χ2v) is 6.40. The lowest BCUT2D eigenvalue weighted by Gasteiger charge is -2.46. The number of unbranched alkanes of at least 4 members (excludes halogenated alkanes) is 1. The molecule has 0 amide bonds. The summed E-state index contributed by atoms with van der Waals surface area (Å²) in [6.45, 7) is 3.30. The van der Waals surface area contributed by atoms with Gasteiger partial charge >= 0.3 is 0 Å². The number of rotatable bonds is 5. The Kier molecular flexibility index (Phi) is 5.34. The minimum atomic E-state index is 0.887. The van der Waals surface area contributed by atoms with Crippen LogP contribution < -0.4 is 5.73 Å². The van der Waals surface area contributed by atoms with Gasteiger partial charge in [0, 0.05) is 0 Å². The largest absolute Gasteiger partial charge is 0.330 e. The van der Waals surface area contributed by atoms with E-state index < -0.39 is 0 Å². The van der Waals surface area contributed by atoms with Crippen LogP contribution in [0, 0.1) is 23.7 Å². The molecule has 0 radical (unpaired) electrons. The second-order valence-electron chi connectivity index (χ2n) is 6.40. The lowest BCUT2D eigenvalue weighted by atomic mass is 9.60. The first-order chi connectivity index (χ1) is 8.36. The molecule has 17 heavy (non-hydrogen) atoms. The first-order valence-corrected chi connectivity index (χ1v) is 8.06. The Morgan fingerprint density at radius 1 is 0.882 bits per heavy atom. The first-order valence-electron chi connectivity index (χ1n) is 8.06. The molecule has 2 saturated carbocycles. The maximum Gasteiger partial charge on any atom is -0.00773 e. The van der Waals surface area contributed by atoms with Gasteiger partial charge in [-0.1, -0.05) is 51.9 Å². The fourth-order valence-corrected chi connectivity index (χ4v) is 4.67. The zero-order chi connectivity index (χ0) is 12.1. The van der Waals surface area contributed by atoms with E-state index >= 15 is 0 Å². The van der Waals surface area contributed by atoms with Crippen molar-refractivity contribution in [3.8, 4) is 0 Å². The summed E-state index contributed by atoms with van der Waals surface area (Å²) in [4.78, 5) is 0. The molecule has 2 aliphatic carbocycles. The number of hydrogen-bond acceptors (Lipinski definition) is 1. The van der Waals surface area contributed by atoms with Crippen LogP contribution in [0.4, 0.5) is 0 Å². The van der Waals surface area contributed by atoms with Crippen molar-refractivity contribution in [2.45, 2.75) is 71.1 Å². The SMILES string of the molecule is CCC1CCCC2C(CCCCN)CCCC12. The van der Waals surface area contributed by atoms with Crippen molar-refractivity contribution in [2.24, 2.45) is 29.4 Å². The molecule has 0 aliphatic heterocycles. The van der Waals surface area contributed by atoms with Crippen LogP contribution in [0.15, 0.2) is 0 Å². The van der Waals surface area contributed by atoms with Crippen molar-refractivity contribution in [1.29, 1.82) is 0 Å². The van der Waals surface area contributed by atoms with Gasteiger partial charge in [0.15, 0.2) is 0 Å². The molecule has 4 unspecified atom stereocenters. The van der Waals surface area contributed by atoms with Gasteiger partial charge in [0.05, 0.1) is 0 Å². The van der Waals surface area contributed by atoms with Crippen molar-refractivity contribution in [1.82, 2.24) is 0 Å². The summed E-state index contributed by atoms with van der Waals surface area (Å²) in [5.41, 5.74) is 5.62. The van der Waals surface area contributed by atoms with Crippen molar-refractivity contribution >= 4 is 0 Å². The highest BCUT2D eigenvalue weighted by atomic mass is 14.5. The van der Waals surface area contributed by atoms with Crippen molar-refractivity contribution < 1.29 is 0 Å². The standard InChI is InChI=1S/C16H31N/c1-2-13-8-5-11-16-14(7-3-4-12-17)9-6-10-15(13)16/h13-16H,2-12,17H2,1H3. The summed E-state index contributed by atoms with van der Waals surface area (Å²) >= 11 is 0. The molecular weight excluding hydrogens is 206 g/mol. The summed E-state index contributed by atoms with van der Waals surface area (Å²) in [6.07, 6.45) is 14.6. The molecule has 2 rings (SSSR count). The fraction of sp³-hybridized carbons (Fsp3) is 1.00. The van der Waals surface area contributed by atoms with Gasteiger partial charge in [0.2, 0.25) is 0 Å². The van der Waals surface area contributed by atoms with E-state index in [9.17, 15) is 0 Å². The van der Waals surface area contributed by atoms with Gasteiger partial charge in [-0.3, -0.25) is 0 Å². The fourth-order valence-electron chi connectivity index (χ4n) is 4.67. The molecule has 2 aliphatic rings. The maximum atomic E-state index is 5.62. The molecule has 1 nitrogen and oxygen atoms in total. The molecule has 0 heterocycles. The third-order valence-corrected chi connectivity index (χ3v) is 5.54. The monoisotopic (exact) mass is 237 g/mol.